The van der Waals surface area contributed by atoms with Crippen LogP contribution in [0.15, 0.2) is 59.8 Å². The van der Waals surface area contributed by atoms with E-state index in [0.29, 0.717) is 57.4 Å². The molecule has 3 aromatic heterocycles. The number of hydrogen-bond donors (Lipinski definition) is 4. The fourth-order valence-corrected chi connectivity index (χ4v) is 8.59. The molecule has 3 saturated heterocycles. The Kier molecular flexibility index (Phi) is 9.28. The highest BCUT2D eigenvalue weighted by Gasteiger charge is 2.35. The number of rotatable bonds is 7. The van der Waals surface area contributed by atoms with Gasteiger partial charge in [-0.25, -0.2) is 4.79 Å². The van der Waals surface area contributed by atoms with Crippen LogP contribution in [-0.2, 0) is 11.2 Å². The average molecular weight is 691 g/mol. The van der Waals surface area contributed by atoms with Crippen molar-refractivity contribution in [1.82, 2.24) is 50.4 Å². The molecule has 0 unspecified atom stereocenters. The van der Waals surface area contributed by atoms with E-state index in [1.807, 2.05) is 42.2 Å². The number of carbonyl (C=O) groups excluding carboxylic acids is 2. The van der Waals surface area contributed by atoms with E-state index in [4.69, 9.17) is 0 Å². The highest BCUT2D eigenvalue weighted by atomic mass is 16.2. The number of hydrogen-bond acceptors (Lipinski definition) is 7. The van der Waals surface area contributed by atoms with Crippen LogP contribution in [0.1, 0.15) is 72.9 Å². The Balaban J connectivity index is 0.921. The fraction of sp³-hybridized carbons (Fsp3) is 0.474. The molecule has 5 aromatic rings. The number of fused-ring (bicyclic) bond motifs is 2. The van der Waals surface area contributed by atoms with E-state index in [1.54, 1.807) is 17.4 Å². The Hall–Kier alpha value is -5.04. The summed E-state index contributed by atoms with van der Waals surface area (Å²) < 4.78 is 0. The Morgan fingerprint density at radius 2 is 1.65 bits per heavy atom. The highest BCUT2D eigenvalue weighted by molar-refractivity contribution is 5.88. The molecule has 266 valence electrons. The minimum atomic E-state index is -0.698. The number of urea groups is 1. The lowest BCUT2D eigenvalue weighted by Gasteiger charge is -2.42. The van der Waals surface area contributed by atoms with E-state index in [-0.39, 0.29) is 23.4 Å². The van der Waals surface area contributed by atoms with E-state index in [0.717, 1.165) is 83.1 Å². The monoisotopic (exact) mass is 690 g/mol. The van der Waals surface area contributed by atoms with Crippen molar-refractivity contribution in [2.24, 2.45) is 0 Å². The Morgan fingerprint density at radius 1 is 0.902 bits per heavy atom. The van der Waals surface area contributed by atoms with Crippen LogP contribution in [0.25, 0.3) is 21.8 Å². The summed E-state index contributed by atoms with van der Waals surface area (Å²) in [7, 11) is 0. The normalized spacial score (nSPS) is 19.2. The van der Waals surface area contributed by atoms with Crippen LogP contribution in [0.5, 0.6) is 0 Å². The highest BCUT2D eigenvalue weighted by Crippen LogP contribution is 2.30. The number of likely N-dealkylation sites (tertiary alicyclic amines) is 3. The molecule has 0 radical (unpaired) electrons. The SMILES string of the molecule is Cc1cc(C[C@H](NC(=O)N2CCC(c3cc4ccccc4[nH]c3=O)CC2)C(=O)N2CCC(N3CCC(c4nnc[nH]4)CC3)CC2)cc2cn[nH]c12. The van der Waals surface area contributed by atoms with E-state index in [9.17, 15) is 14.4 Å². The van der Waals surface area contributed by atoms with Crippen molar-refractivity contribution in [2.75, 3.05) is 39.3 Å². The van der Waals surface area contributed by atoms with Crippen LogP contribution >= 0.6 is 0 Å². The van der Waals surface area contributed by atoms with Crippen molar-refractivity contribution >= 4 is 33.7 Å². The van der Waals surface area contributed by atoms with E-state index < -0.39 is 6.04 Å². The van der Waals surface area contributed by atoms with Gasteiger partial charge in [0.05, 0.1) is 11.7 Å². The molecule has 3 aliphatic heterocycles. The van der Waals surface area contributed by atoms with Crippen LogP contribution in [0, 0.1) is 6.92 Å². The Labute approximate surface area is 296 Å². The average Bonchev–Trinajstić information content (AvgIpc) is 3.88. The molecule has 0 bridgehead atoms. The second-order valence-electron chi connectivity index (χ2n) is 14.6. The maximum absolute atomic E-state index is 14.3. The van der Waals surface area contributed by atoms with Crippen LogP contribution in [0.2, 0.25) is 0 Å². The Bertz CT molecular complexity index is 2050. The zero-order chi connectivity index (χ0) is 34.9. The molecule has 13 nitrogen and oxygen atoms in total. The summed E-state index contributed by atoms with van der Waals surface area (Å²) in [6.45, 7) is 6.44. The predicted octanol–water partition coefficient (Wildman–Crippen LogP) is 4.20. The number of piperidine rings is 3. The molecule has 2 aromatic carbocycles. The van der Waals surface area contributed by atoms with Crippen molar-refractivity contribution in [3.8, 4) is 0 Å². The largest absolute Gasteiger partial charge is 0.341 e. The molecule has 1 atom stereocenters. The molecule has 3 fully saturated rings. The molecule has 3 amide bonds. The number of aromatic amines is 3. The molecule has 51 heavy (non-hydrogen) atoms. The zero-order valence-electron chi connectivity index (χ0n) is 29.1. The number of para-hydroxylation sites is 1. The van der Waals surface area contributed by atoms with Crippen molar-refractivity contribution < 1.29 is 9.59 Å². The van der Waals surface area contributed by atoms with Crippen molar-refractivity contribution in [2.45, 2.75) is 75.8 Å². The van der Waals surface area contributed by atoms with Crippen molar-refractivity contribution in [3.63, 3.8) is 0 Å². The number of amides is 3. The summed E-state index contributed by atoms with van der Waals surface area (Å²) in [5, 5.41) is 20.6. The molecular weight excluding hydrogens is 644 g/mol. The Morgan fingerprint density at radius 3 is 2.41 bits per heavy atom. The topological polar surface area (TPSA) is 159 Å². The molecule has 4 N–H and O–H groups in total. The molecule has 13 heteroatoms. The van der Waals surface area contributed by atoms with Gasteiger partial charge in [0.25, 0.3) is 5.56 Å². The summed E-state index contributed by atoms with van der Waals surface area (Å²) in [4.78, 5) is 53.5. The zero-order valence-corrected chi connectivity index (χ0v) is 29.1. The lowest BCUT2D eigenvalue weighted by atomic mass is 9.89. The number of aromatic nitrogens is 6. The predicted molar refractivity (Wildman–Crippen MR) is 195 cm³/mol. The first-order chi connectivity index (χ1) is 24.9. The van der Waals surface area contributed by atoms with Gasteiger partial charge in [0, 0.05) is 61.0 Å². The minimum absolute atomic E-state index is 0.0339. The first kappa shape index (κ1) is 33.1. The number of nitrogens with zero attached hydrogens (tertiary/aromatic N) is 6. The summed E-state index contributed by atoms with van der Waals surface area (Å²) in [5.74, 6) is 1.44. The molecule has 0 spiro atoms. The molecule has 6 heterocycles. The number of nitrogens with one attached hydrogen (secondary N) is 4. The lowest BCUT2D eigenvalue weighted by molar-refractivity contribution is -0.135. The van der Waals surface area contributed by atoms with Gasteiger partial charge in [0.2, 0.25) is 5.91 Å². The summed E-state index contributed by atoms with van der Waals surface area (Å²) in [6, 6.07) is 13.4. The van der Waals surface area contributed by atoms with Gasteiger partial charge in [-0.05, 0) is 99.2 Å². The van der Waals surface area contributed by atoms with Crippen molar-refractivity contribution in [3.05, 3.63) is 87.9 Å². The number of carbonyl (C=O) groups is 2. The molecule has 0 aliphatic carbocycles. The van der Waals surface area contributed by atoms with Gasteiger partial charge in [0.1, 0.15) is 18.2 Å². The van der Waals surface area contributed by atoms with E-state index >= 15 is 0 Å². The maximum atomic E-state index is 14.3. The van der Waals surface area contributed by atoms with E-state index in [2.05, 4.69) is 52.7 Å². The van der Waals surface area contributed by atoms with Gasteiger partial charge in [-0.1, -0.05) is 24.3 Å². The lowest BCUT2D eigenvalue weighted by Crippen LogP contribution is -2.56. The van der Waals surface area contributed by atoms with Gasteiger partial charge >= 0.3 is 6.03 Å². The van der Waals surface area contributed by atoms with Crippen LogP contribution in [0.3, 0.4) is 0 Å². The van der Waals surface area contributed by atoms with Gasteiger partial charge < -0.3 is 30.0 Å². The molecular formula is C38H46N10O3. The quantitative estimate of drug-likeness (QED) is 0.199. The number of H-pyrrole nitrogens is 3. The third-order valence-corrected chi connectivity index (χ3v) is 11.5. The van der Waals surface area contributed by atoms with Gasteiger partial charge in [0.15, 0.2) is 0 Å². The van der Waals surface area contributed by atoms with Crippen molar-refractivity contribution in [1.29, 1.82) is 0 Å². The van der Waals surface area contributed by atoms with E-state index in [1.165, 1.54) is 0 Å². The number of pyridine rings is 1. The molecule has 8 rings (SSSR count). The molecule has 3 aliphatic rings. The van der Waals surface area contributed by atoms with Crippen LogP contribution in [0.4, 0.5) is 4.79 Å². The van der Waals surface area contributed by atoms with Crippen LogP contribution in [-0.4, -0.2) is 108 Å². The summed E-state index contributed by atoms with van der Waals surface area (Å²) in [6.07, 6.45) is 9.16. The van der Waals surface area contributed by atoms with Gasteiger partial charge in [-0.2, -0.15) is 5.10 Å². The van der Waals surface area contributed by atoms with Crippen LogP contribution < -0.4 is 10.9 Å². The summed E-state index contributed by atoms with van der Waals surface area (Å²) in [5.41, 5.74) is 4.55. The third-order valence-electron chi connectivity index (χ3n) is 11.5. The second-order valence-corrected chi connectivity index (χ2v) is 14.6. The first-order valence-electron chi connectivity index (χ1n) is 18.4. The third kappa shape index (κ3) is 6.99. The second kappa shape index (κ2) is 14.3. The standard InChI is InChI=1S/C38H46N10O3/c1-24-18-25(19-29-22-40-44-34(24)29)20-33(37(50)47-16-10-30(11-17-47)46-12-8-27(9-13-46)35-39-23-41-45-35)43-38(51)48-14-6-26(7-15-48)31-21-28-4-2-3-5-32(28)42-36(31)49/h2-5,18-19,21-23,26-27,30,33H,6-17,20H2,1H3,(H,40,44)(H,42,49)(H,43,51)(H,39,41,45)/t33-/m0/s1. The number of aryl methyl sites for hydroxylation is 1. The first-order valence-corrected chi connectivity index (χ1v) is 18.4. The minimum Gasteiger partial charge on any atom is -0.341 e. The summed E-state index contributed by atoms with van der Waals surface area (Å²) >= 11 is 0. The molecule has 0 saturated carbocycles. The smallest absolute Gasteiger partial charge is 0.318 e. The number of benzene rings is 2. The van der Waals surface area contributed by atoms with Gasteiger partial charge in [-0.3, -0.25) is 14.7 Å². The van der Waals surface area contributed by atoms with Gasteiger partial charge in [-0.15, -0.1) is 10.2 Å². The fourth-order valence-electron chi connectivity index (χ4n) is 8.59. The maximum Gasteiger partial charge on any atom is 0.318 e.